The van der Waals surface area contributed by atoms with Gasteiger partial charge in [-0.3, -0.25) is 4.79 Å². The summed E-state index contributed by atoms with van der Waals surface area (Å²) in [6, 6.07) is 4.57. The highest BCUT2D eigenvalue weighted by atomic mass is 16.1. The molecule has 0 aliphatic heterocycles. The molecule has 4 N–H and O–H groups in total. The Kier molecular flexibility index (Phi) is 6.73. The van der Waals surface area contributed by atoms with Crippen LogP contribution in [0.4, 0.5) is 0 Å². The summed E-state index contributed by atoms with van der Waals surface area (Å²) < 4.78 is 0. The fourth-order valence-corrected chi connectivity index (χ4v) is 2.76. The number of aryl methyl sites for hydroxylation is 3. The van der Waals surface area contributed by atoms with E-state index < -0.39 is 0 Å². The summed E-state index contributed by atoms with van der Waals surface area (Å²) in [5, 5.41) is 0. The molecule has 0 radical (unpaired) electrons. The van der Waals surface area contributed by atoms with Crippen molar-refractivity contribution in [1.29, 1.82) is 0 Å². The Morgan fingerprint density at radius 2 is 1.65 bits per heavy atom. The van der Waals surface area contributed by atoms with Crippen molar-refractivity contribution in [3.8, 4) is 0 Å². The molecule has 0 saturated carbocycles. The van der Waals surface area contributed by atoms with Crippen LogP contribution < -0.4 is 11.5 Å². The van der Waals surface area contributed by atoms with E-state index in [9.17, 15) is 4.79 Å². The van der Waals surface area contributed by atoms with Crippen molar-refractivity contribution >= 4 is 5.91 Å². The van der Waals surface area contributed by atoms with Gasteiger partial charge in [-0.2, -0.15) is 0 Å². The maximum Gasteiger partial charge on any atom is 0.217 e. The molecule has 1 aromatic carbocycles. The third-order valence-corrected chi connectivity index (χ3v) is 3.89. The highest BCUT2D eigenvalue weighted by Crippen LogP contribution is 2.27. The summed E-state index contributed by atoms with van der Waals surface area (Å²) in [7, 11) is 0. The van der Waals surface area contributed by atoms with E-state index in [2.05, 4.69) is 32.9 Å². The van der Waals surface area contributed by atoms with Gasteiger partial charge in [0, 0.05) is 12.5 Å². The molecule has 0 bridgehead atoms. The second-order valence-electron chi connectivity index (χ2n) is 5.35. The molecule has 1 aromatic rings. The summed E-state index contributed by atoms with van der Waals surface area (Å²) in [4.78, 5) is 10.8. The molecule has 0 spiro atoms. The van der Waals surface area contributed by atoms with Crippen LogP contribution in [-0.2, 0) is 24.1 Å². The van der Waals surface area contributed by atoms with Crippen molar-refractivity contribution in [2.75, 3.05) is 0 Å². The van der Waals surface area contributed by atoms with Crippen LogP contribution in [0.25, 0.3) is 0 Å². The number of nitrogens with two attached hydrogens (primary N) is 2. The fourth-order valence-electron chi connectivity index (χ4n) is 2.76. The summed E-state index contributed by atoms with van der Waals surface area (Å²) >= 11 is 0. The zero-order valence-corrected chi connectivity index (χ0v) is 13.0. The molecule has 112 valence electrons. The van der Waals surface area contributed by atoms with Gasteiger partial charge >= 0.3 is 0 Å². The van der Waals surface area contributed by atoms with Crippen molar-refractivity contribution in [1.82, 2.24) is 0 Å². The van der Waals surface area contributed by atoms with Gasteiger partial charge in [0.15, 0.2) is 0 Å². The standard InChI is InChI=1S/C17H28N2O/c1-4-12-10-13(5-2)17(14(6-3)11-12)15(18)8-7-9-16(19)20/h10-11,15H,4-9,18H2,1-3H3,(H2,19,20). The van der Waals surface area contributed by atoms with Gasteiger partial charge in [-0.25, -0.2) is 0 Å². The number of benzene rings is 1. The summed E-state index contributed by atoms with van der Waals surface area (Å²) in [5.41, 5.74) is 16.9. The summed E-state index contributed by atoms with van der Waals surface area (Å²) in [6.07, 6.45) is 5.05. The molecule has 0 fully saturated rings. The van der Waals surface area contributed by atoms with Crippen LogP contribution in [0.3, 0.4) is 0 Å². The predicted octanol–water partition coefficient (Wildman–Crippen LogP) is 3.03. The lowest BCUT2D eigenvalue weighted by molar-refractivity contribution is -0.118. The Hall–Kier alpha value is -1.35. The number of hydrogen-bond donors (Lipinski definition) is 2. The van der Waals surface area contributed by atoms with E-state index in [1.54, 1.807) is 0 Å². The van der Waals surface area contributed by atoms with Crippen LogP contribution in [0.15, 0.2) is 12.1 Å². The summed E-state index contributed by atoms with van der Waals surface area (Å²) in [6.45, 7) is 6.53. The number of carbonyl (C=O) groups excluding carboxylic acids is 1. The van der Waals surface area contributed by atoms with Crippen molar-refractivity contribution in [3.05, 3.63) is 34.4 Å². The average Bonchev–Trinajstić information content (AvgIpc) is 2.44. The quantitative estimate of drug-likeness (QED) is 0.766. The molecule has 3 heteroatoms. The molecule has 0 saturated heterocycles. The Balaban J connectivity index is 2.98. The van der Waals surface area contributed by atoms with Gasteiger partial charge < -0.3 is 11.5 Å². The third kappa shape index (κ3) is 4.34. The zero-order valence-electron chi connectivity index (χ0n) is 13.0. The minimum atomic E-state index is -0.245. The van der Waals surface area contributed by atoms with Crippen LogP contribution in [0.1, 0.15) is 68.3 Å². The van der Waals surface area contributed by atoms with Gasteiger partial charge in [0.2, 0.25) is 5.91 Å². The molecule has 1 rings (SSSR count). The second kappa shape index (κ2) is 8.05. The van der Waals surface area contributed by atoms with Crippen molar-refractivity contribution in [3.63, 3.8) is 0 Å². The van der Waals surface area contributed by atoms with E-state index in [0.717, 1.165) is 32.1 Å². The Morgan fingerprint density at radius 1 is 1.10 bits per heavy atom. The SMILES string of the molecule is CCc1cc(CC)c(C(N)CCCC(N)=O)c(CC)c1. The number of carbonyl (C=O) groups is 1. The lowest BCUT2D eigenvalue weighted by atomic mass is 9.88. The molecule has 20 heavy (non-hydrogen) atoms. The van der Waals surface area contributed by atoms with Crippen LogP contribution in [0, 0.1) is 0 Å². The molecule has 3 nitrogen and oxygen atoms in total. The first-order valence-corrected chi connectivity index (χ1v) is 7.71. The van der Waals surface area contributed by atoms with E-state index in [1.807, 2.05) is 0 Å². The second-order valence-corrected chi connectivity index (χ2v) is 5.35. The summed E-state index contributed by atoms with van der Waals surface area (Å²) in [5.74, 6) is -0.245. The molecular formula is C17H28N2O. The minimum Gasteiger partial charge on any atom is -0.370 e. The molecule has 1 atom stereocenters. The number of hydrogen-bond acceptors (Lipinski definition) is 2. The topological polar surface area (TPSA) is 69.1 Å². The van der Waals surface area contributed by atoms with E-state index >= 15 is 0 Å². The third-order valence-electron chi connectivity index (χ3n) is 3.89. The normalized spacial score (nSPS) is 12.4. The first-order chi connectivity index (χ1) is 9.53. The van der Waals surface area contributed by atoms with Gasteiger partial charge in [0.1, 0.15) is 0 Å². The molecule has 0 aliphatic rings. The van der Waals surface area contributed by atoms with Crippen LogP contribution in [-0.4, -0.2) is 5.91 Å². The highest BCUT2D eigenvalue weighted by molar-refractivity contribution is 5.73. The molecule has 0 aliphatic carbocycles. The van der Waals surface area contributed by atoms with E-state index in [1.165, 1.54) is 22.3 Å². The zero-order chi connectivity index (χ0) is 15.1. The molecule has 0 aromatic heterocycles. The Labute approximate surface area is 122 Å². The largest absolute Gasteiger partial charge is 0.370 e. The molecule has 1 unspecified atom stereocenters. The van der Waals surface area contributed by atoms with Crippen molar-refractivity contribution < 1.29 is 4.79 Å². The maximum atomic E-state index is 10.8. The van der Waals surface area contributed by atoms with E-state index in [0.29, 0.717) is 6.42 Å². The van der Waals surface area contributed by atoms with Gasteiger partial charge in [0.25, 0.3) is 0 Å². The van der Waals surface area contributed by atoms with Gasteiger partial charge in [-0.1, -0.05) is 32.9 Å². The van der Waals surface area contributed by atoms with Crippen molar-refractivity contribution in [2.24, 2.45) is 11.5 Å². The lowest BCUT2D eigenvalue weighted by Gasteiger charge is -2.21. The van der Waals surface area contributed by atoms with Crippen molar-refractivity contribution in [2.45, 2.75) is 65.3 Å². The number of primary amides is 1. The number of rotatable bonds is 8. The lowest BCUT2D eigenvalue weighted by Crippen LogP contribution is -2.17. The van der Waals surface area contributed by atoms with Gasteiger partial charge in [-0.15, -0.1) is 0 Å². The maximum absolute atomic E-state index is 10.8. The molecule has 0 heterocycles. The minimum absolute atomic E-state index is 0.00477. The Bertz CT molecular complexity index is 429. The van der Waals surface area contributed by atoms with E-state index in [-0.39, 0.29) is 11.9 Å². The fraction of sp³-hybridized carbons (Fsp3) is 0.588. The Morgan fingerprint density at radius 3 is 2.05 bits per heavy atom. The van der Waals surface area contributed by atoms with Crippen LogP contribution >= 0.6 is 0 Å². The smallest absolute Gasteiger partial charge is 0.217 e. The first-order valence-electron chi connectivity index (χ1n) is 7.71. The predicted molar refractivity (Wildman–Crippen MR) is 84.5 cm³/mol. The molecular weight excluding hydrogens is 248 g/mol. The van der Waals surface area contributed by atoms with E-state index in [4.69, 9.17) is 11.5 Å². The van der Waals surface area contributed by atoms with Crippen LogP contribution in [0.5, 0.6) is 0 Å². The first kappa shape index (κ1) is 16.7. The average molecular weight is 276 g/mol. The number of amides is 1. The molecule has 1 amide bonds. The monoisotopic (exact) mass is 276 g/mol. The highest BCUT2D eigenvalue weighted by Gasteiger charge is 2.15. The van der Waals surface area contributed by atoms with Gasteiger partial charge in [-0.05, 0) is 54.4 Å². The van der Waals surface area contributed by atoms with Gasteiger partial charge in [0.05, 0.1) is 0 Å². The van der Waals surface area contributed by atoms with Crippen LogP contribution in [0.2, 0.25) is 0 Å².